The number of carboxylic acid groups (broad SMARTS) is 1. The van der Waals surface area contributed by atoms with E-state index in [0.29, 0.717) is 22.6 Å². The lowest BCUT2D eigenvalue weighted by Gasteiger charge is -2.37. The molecule has 0 radical (unpaired) electrons. The molecule has 0 bridgehead atoms. The maximum absolute atomic E-state index is 13.4. The molecule has 2 rings (SSSR count). The van der Waals surface area contributed by atoms with Crippen LogP contribution in [0, 0.1) is 6.92 Å². The smallest absolute Gasteiger partial charge is 0.405 e. The average molecular weight is 557 g/mol. The van der Waals surface area contributed by atoms with Gasteiger partial charge >= 0.3 is 18.0 Å². The highest BCUT2D eigenvalue weighted by atomic mass is 32.2. The van der Waals surface area contributed by atoms with Crippen LogP contribution in [0.3, 0.4) is 0 Å². The molecule has 0 spiro atoms. The van der Waals surface area contributed by atoms with Crippen molar-refractivity contribution < 1.29 is 42.9 Å². The number of methoxy groups -OCH3 is 2. The zero-order valence-corrected chi connectivity index (χ0v) is 24.3. The number of ether oxygens (including phenoxy) is 3. The van der Waals surface area contributed by atoms with Crippen LogP contribution in [-0.2, 0) is 24.8 Å². The number of fused-ring (bicyclic) bond motifs is 1. The van der Waals surface area contributed by atoms with Crippen molar-refractivity contribution >= 4 is 44.0 Å². The van der Waals surface area contributed by atoms with Crippen molar-refractivity contribution in [2.24, 2.45) is 0 Å². The number of esters is 2. The molecule has 13 heteroatoms. The summed E-state index contributed by atoms with van der Waals surface area (Å²) in [6.45, 7) is 11.6. The molecular formula is C24H36N2O9SSi. The molecule has 2 atom stereocenters. The van der Waals surface area contributed by atoms with E-state index in [-0.39, 0.29) is 22.1 Å². The van der Waals surface area contributed by atoms with Gasteiger partial charge < -0.3 is 34.4 Å². The van der Waals surface area contributed by atoms with Crippen LogP contribution in [0.2, 0.25) is 18.1 Å². The van der Waals surface area contributed by atoms with Gasteiger partial charge in [0.05, 0.1) is 19.8 Å². The molecule has 0 aromatic heterocycles. The number of hydrogen-bond acceptors (Lipinski definition) is 9. The van der Waals surface area contributed by atoms with Crippen LogP contribution in [-0.4, -0.2) is 76.0 Å². The second-order valence-electron chi connectivity index (χ2n) is 10.1. The van der Waals surface area contributed by atoms with E-state index in [2.05, 4.69) is 39.2 Å². The fourth-order valence-electron chi connectivity index (χ4n) is 3.36. The van der Waals surface area contributed by atoms with E-state index in [4.69, 9.17) is 18.6 Å². The molecule has 0 fully saturated rings. The third-order valence-corrected chi connectivity index (χ3v) is 11.9. The molecule has 3 N–H and O–H groups in total. The predicted octanol–water partition coefficient (Wildman–Crippen LogP) is 3.09. The maximum atomic E-state index is 13.4. The second-order valence-corrected chi connectivity index (χ2v) is 15.9. The number of carbonyl (C=O) groups is 4. The Labute approximate surface area is 222 Å². The van der Waals surface area contributed by atoms with E-state index in [9.17, 15) is 24.3 Å². The highest BCUT2D eigenvalue weighted by molar-refractivity contribution is 7.98. The Morgan fingerprint density at radius 1 is 1.22 bits per heavy atom. The number of hydrogen-bond donors (Lipinski definition) is 3. The summed E-state index contributed by atoms with van der Waals surface area (Å²) in [6, 6.07) is -0.749. The van der Waals surface area contributed by atoms with Crippen LogP contribution in [0.25, 0.3) is 0 Å². The van der Waals surface area contributed by atoms with Gasteiger partial charge in [0.2, 0.25) is 14.2 Å². The molecule has 2 amide bonds. The average Bonchev–Trinajstić information content (AvgIpc) is 2.79. The number of cyclic esters (lactones) is 1. The first kappa shape index (κ1) is 30.3. The van der Waals surface area contributed by atoms with E-state index in [1.165, 1.54) is 26.0 Å². The third kappa shape index (κ3) is 7.31. The van der Waals surface area contributed by atoms with Gasteiger partial charge in [-0.05, 0) is 25.1 Å². The molecule has 1 heterocycles. The predicted molar refractivity (Wildman–Crippen MR) is 141 cm³/mol. The van der Waals surface area contributed by atoms with Gasteiger partial charge in [0, 0.05) is 28.7 Å². The lowest BCUT2D eigenvalue weighted by Crippen LogP contribution is -2.54. The number of nitrogens with one attached hydrogen (secondary N) is 2. The first-order valence-corrected chi connectivity index (χ1v) is 15.7. The van der Waals surface area contributed by atoms with E-state index in [0.717, 1.165) is 0 Å². The molecule has 1 aromatic carbocycles. The first-order valence-electron chi connectivity index (χ1n) is 11.6. The summed E-state index contributed by atoms with van der Waals surface area (Å²) in [4.78, 5) is 49.7. The highest BCUT2D eigenvalue weighted by Gasteiger charge is 2.40. The lowest BCUT2D eigenvalue weighted by atomic mass is 10.0. The number of thioether (sulfide) groups is 1. The van der Waals surface area contributed by atoms with Gasteiger partial charge in [-0.3, -0.25) is 4.79 Å². The van der Waals surface area contributed by atoms with Crippen molar-refractivity contribution in [2.45, 2.75) is 63.7 Å². The summed E-state index contributed by atoms with van der Waals surface area (Å²) >= 11 is 1.29. The highest BCUT2D eigenvalue weighted by Crippen LogP contribution is 2.42. The Kier molecular flexibility index (Phi) is 9.89. The van der Waals surface area contributed by atoms with Gasteiger partial charge in [0.1, 0.15) is 30.2 Å². The second kappa shape index (κ2) is 12.1. The largest absolute Gasteiger partial charge is 0.543 e. The van der Waals surface area contributed by atoms with Gasteiger partial charge in [-0.25, -0.2) is 14.4 Å². The molecule has 0 aliphatic carbocycles. The molecule has 0 unspecified atom stereocenters. The Hall–Kier alpha value is -2.93. The first-order chi connectivity index (χ1) is 17.1. The van der Waals surface area contributed by atoms with Crippen LogP contribution in [0.15, 0.2) is 6.07 Å². The maximum Gasteiger partial charge on any atom is 0.405 e. The van der Waals surface area contributed by atoms with Crippen molar-refractivity contribution in [3.05, 3.63) is 22.8 Å². The standard InChI is InChI=1S/C24H36N2O9SSi/c1-13-17(32-5)9-18(35-37(7,8)24(2,3)4)14-11-36-12-16(21(28)33-6)25-20(27)15(26-23(30)31)10-34-22(29)19(13)14/h9,15-16,26H,10-12H2,1-8H3,(H,25,27)(H,30,31)/t15-,16-/m0/s1. The van der Waals surface area contributed by atoms with Crippen LogP contribution in [0.4, 0.5) is 4.79 Å². The van der Waals surface area contributed by atoms with Gasteiger partial charge in [-0.15, -0.1) is 0 Å². The van der Waals surface area contributed by atoms with Crippen molar-refractivity contribution in [1.29, 1.82) is 0 Å². The van der Waals surface area contributed by atoms with Gasteiger partial charge in [-0.1, -0.05) is 20.8 Å². The molecule has 206 valence electrons. The van der Waals surface area contributed by atoms with E-state index in [1.807, 2.05) is 5.32 Å². The number of benzene rings is 1. The summed E-state index contributed by atoms with van der Waals surface area (Å²) < 4.78 is 22.4. The SMILES string of the molecule is COC(=O)[C@@H]1CSCc2c(O[Si](C)(C)C(C)(C)C)cc(OC)c(C)c2C(=O)OC[C@H](NC(=O)O)C(=O)N1. The molecule has 1 aliphatic heterocycles. The lowest BCUT2D eigenvalue weighted by molar-refractivity contribution is -0.144. The molecule has 0 saturated carbocycles. The van der Waals surface area contributed by atoms with Crippen LogP contribution in [0.1, 0.15) is 42.3 Å². The van der Waals surface area contributed by atoms with Crippen LogP contribution < -0.4 is 19.8 Å². The van der Waals surface area contributed by atoms with Crippen LogP contribution in [0.5, 0.6) is 11.5 Å². The van der Waals surface area contributed by atoms with E-state index < -0.39 is 50.9 Å². The minimum absolute atomic E-state index is 0.108. The third-order valence-electron chi connectivity index (χ3n) is 6.53. The molecule has 11 nitrogen and oxygen atoms in total. The monoisotopic (exact) mass is 556 g/mol. The minimum Gasteiger partial charge on any atom is -0.543 e. The van der Waals surface area contributed by atoms with E-state index in [1.54, 1.807) is 13.0 Å². The summed E-state index contributed by atoms with van der Waals surface area (Å²) in [5.41, 5.74) is 1.29. The van der Waals surface area contributed by atoms with Crippen molar-refractivity contribution in [1.82, 2.24) is 10.6 Å². The molecular weight excluding hydrogens is 520 g/mol. The fraction of sp³-hybridized carbons (Fsp3) is 0.583. The number of carbonyl (C=O) groups excluding carboxylic acids is 3. The Bertz CT molecular complexity index is 1060. The van der Waals surface area contributed by atoms with Gasteiger partial charge in [0.25, 0.3) is 0 Å². The summed E-state index contributed by atoms with van der Waals surface area (Å²) in [5.74, 6) is -0.987. The topological polar surface area (TPSA) is 149 Å². The van der Waals surface area contributed by atoms with Crippen LogP contribution >= 0.6 is 11.8 Å². The fourth-order valence-corrected chi connectivity index (χ4v) is 5.46. The summed E-state index contributed by atoms with van der Waals surface area (Å²) in [7, 11) is 0.330. The molecule has 1 aromatic rings. The quantitative estimate of drug-likeness (QED) is 0.365. The van der Waals surface area contributed by atoms with Gasteiger partial charge in [-0.2, -0.15) is 11.8 Å². The van der Waals surface area contributed by atoms with Crippen molar-refractivity contribution in [3.8, 4) is 11.5 Å². The zero-order chi connectivity index (χ0) is 28.1. The number of amides is 2. The van der Waals surface area contributed by atoms with Crippen molar-refractivity contribution in [2.75, 3.05) is 26.6 Å². The Balaban J connectivity index is 2.66. The summed E-state index contributed by atoms with van der Waals surface area (Å²) in [5, 5.41) is 13.6. The normalized spacial score (nSPS) is 19.2. The molecule has 37 heavy (non-hydrogen) atoms. The Morgan fingerprint density at radius 2 is 1.86 bits per heavy atom. The molecule has 1 aliphatic rings. The molecule has 0 saturated heterocycles. The Morgan fingerprint density at radius 3 is 2.41 bits per heavy atom. The van der Waals surface area contributed by atoms with E-state index >= 15 is 0 Å². The zero-order valence-electron chi connectivity index (χ0n) is 22.5. The summed E-state index contributed by atoms with van der Waals surface area (Å²) in [6.07, 6.45) is -1.49. The minimum atomic E-state index is -2.35. The number of rotatable bonds is 5. The van der Waals surface area contributed by atoms with Crippen molar-refractivity contribution in [3.63, 3.8) is 0 Å². The van der Waals surface area contributed by atoms with Gasteiger partial charge in [0.15, 0.2) is 0 Å².